The first-order chi connectivity index (χ1) is 8.47. The molecule has 1 saturated heterocycles. The van der Waals surface area contributed by atoms with E-state index < -0.39 is 0 Å². The van der Waals surface area contributed by atoms with Crippen LogP contribution in [-0.2, 0) is 4.79 Å². The second kappa shape index (κ2) is 7.16. The van der Waals surface area contributed by atoms with Gasteiger partial charge < -0.3 is 4.90 Å². The van der Waals surface area contributed by atoms with Gasteiger partial charge in [0.2, 0.25) is 5.91 Å². The van der Waals surface area contributed by atoms with Crippen LogP contribution in [0.3, 0.4) is 0 Å². The summed E-state index contributed by atoms with van der Waals surface area (Å²) < 4.78 is 0. The number of amides is 1. The van der Waals surface area contributed by atoms with Gasteiger partial charge in [0.1, 0.15) is 0 Å². The van der Waals surface area contributed by atoms with Crippen LogP contribution >= 0.6 is 0 Å². The fourth-order valence-corrected chi connectivity index (χ4v) is 2.82. The number of likely N-dealkylation sites (tertiary alicyclic amines) is 1. The summed E-state index contributed by atoms with van der Waals surface area (Å²) in [5.41, 5.74) is -0.156. The van der Waals surface area contributed by atoms with Crippen molar-refractivity contribution < 1.29 is 4.79 Å². The first-order valence-electron chi connectivity index (χ1n) is 7.76. The van der Waals surface area contributed by atoms with Gasteiger partial charge in [0.25, 0.3) is 0 Å². The Bertz CT molecular complexity index is 260. The molecule has 1 unspecified atom stereocenters. The van der Waals surface area contributed by atoms with Crippen molar-refractivity contribution in [3.05, 3.63) is 0 Å². The molecule has 0 aromatic rings. The smallest absolute Gasteiger partial charge is 0.228 e. The summed E-state index contributed by atoms with van der Waals surface area (Å²) in [4.78, 5) is 14.5. The predicted molar refractivity (Wildman–Crippen MR) is 77.5 cm³/mol. The van der Waals surface area contributed by atoms with E-state index in [4.69, 9.17) is 0 Å². The van der Waals surface area contributed by atoms with Gasteiger partial charge >= 0.3 is 0 Å². The minimum Gasteiger partial charge on any atom is -0.342 e. The van der Waals surface area contributed by atoms with Gasteiger partial charge in [-0.15, -0.1) is 0 Å². The number of nitrogens with zero attached hydrogens (tertiary/aromatic N) is 1. The van der Waals surface area contributed by atoms with Crippen LogP contribution in [0.2, 0.25) is 0 Å². The molecule has 1 aliphatic rings. The summed E-state index contributed by atoms with van der Waals surface area (Å²) in [5, 5.41) is 0. The Balaban J connectivity index is 2.30. The van der Waals surface area contributed by atoms with E-state index in [-0.39, 0.29) is 5.41 Å². The quantitative estimate of drug-likeness (QED) is 0.621. The minimum absolute atomic E-state index is 0.156. The van der Waals surface area contributed by atoms with E-state index in [1.54, 1.807) is 0 Å². The molecule has 0 radical (unpaired) electrons. The zero-order valence-electron chi connectivity index (χ0n) is 12.8. The highest BCUT2D eigenvalue weighted by molar-refractivity contribution is 5.82. The number of hydrogen-bond donors (Lipinski definition) is 0. The van der Waals surface area contributed by atoms with Crippen molar-refractivity contribution in [1.29, 1.82) is 0 Å². The van der Waals surface area contributed by atoms with Crippen molar-refractivity contribution in [2.24, 2.45) is 11.3 Å². The Labute approximate surface area is 113 Å². The van der Waals surface area contributed by atoms with Crippen LogP contribution in [0.15, 0.2) is 0 Å². The van der Waals surface area contributed by atoms with E-state index in [1.165, 1.54) is 38.5 Å². The van der Waals surface area contributed by atoms with Gasteiger partial charge in [0.15, 0.2) is 0 Å². The van der Waals surface area contributed by atoms with Crippen molar-refractivity contribution in [3.63, 3.8) is 0 Å². The number of hydrogen-bond acceptors (Lipinski definition) is 1. The van der Waals surface area contributed by atoms with Crippen LogP contribution in [0.25, 0.3) is 0 Å². The Morgan fingerprint density at radius 2 is 1.89 bits per heavy atom. The Hall–Kier alpha value is -0.530. The maximum atomic E-state index is 12.5. The second-order valence-corrected chi connectivity index (χ2v) is 6.69. The number of carbonyl (C=O) groups excluding carboxylic acids is 1. The zero-order chi connectivity index (χ0) is 13.6. The molecule has 1 aliphatic heterocycles. The molecule has 0 aromatic carbocycles. The van der Waals surface area contributed by atoms with Gasteiger partial charge in [-0.1, -0.05) is 59.8 Å². The summed E-state index contributed by atoms with van der Waals surface area (Å²) in [6.07, 6.45) is 8.63. The number of unbranched alkanes of at least 4 members (excludes halogenated alkanes) is 4. The SMILES string of the molecule is CCCCCCCC(C)(C)C(=O)N1CCC(C)C1. The van der Waals surface area contributed by atoms with Crippen molar-refractivity contribution in [3.8, 4) is 0 Å². The lowest BCUT2D eigenvalue weighted by molar-refractivity contribution is -0.139. The molecule has 0 saturated carbocycles. The van der Waals surface area contributed by atoms with Gasteiger partial charge in [-0.05, 0) is 18.8 Å². The standard InChI is InChI=1S/C16H31NO/c1-5-6-7-8-9-11-16(3,4)15(18)17-12-10-14(2)13-17/h14H,5-13H2,1-4H3. The first-order valence-corrected chi connectivity index (χ1v) is 7.76. The van der Waals surface area contributed by atoms with Crippen LogP contribution in [0.4, 0.5) is 0 Å². The summed E-state index contributed by atoms with van der Waals surface area (Å²) in [7, 11) is 0. The Morgan fingerprint density at radius 3 is 2.44 bits per heavy atom. The van der Waals surface area contributed by atoms with Crippen molar-refractivity contribution >= 4 is 5.91 Å². The highest BCUT2D eigenvalue weighted by atomic mass is 16.2. The third kappa shape index (κ3) is 4.62. The van der Waals surface area contributed by atoms with Crippen molar-refractivity contribution in [2.75, 3.05) is 13.1 Å². The minimum atomic E-state index is -0.156. The van der Waals surface area contributed by atoms with Crippen LogP contribution in [0.5, 0.6) is 0 Å². The number of rotatable bonds is 7. The average Bonchev–Trinajstić information content (AvgIpc) is 2.74. The maximum absolute atomic E-state index is 12.5. The van der Waals surface area contributed by atoms with E-state index in [0.29, 0.717) is 11.8 Å². The van der Waals surface area contributed by atoms with Crippen molar-refractivity contribution in [1.82, 2.24) is 4.90 Å². The van der Waals surface area contributed by atoms with E-state index in [9.17, 15) is 4.79 Å². The molecule has 0 N–H and O–H groups in total. The Morgan fingerprint density at radius 1 is 1.22 bits per heavy atom. The average molecular weight is 253 g/mol. The summed E-state index contributed by atoms with van der Waals surface area (Å²) in [6.45, 7) is 10.7. The molecule has 0 spiro atoms. The predicted octanol–water partition coefficient (Wildman–Crippen LogP) is 4.24. The topological polar surface area (TPSA) is 20.3 Å². The summed E-state index contributed by atoms with van der Waals surface area (Å²) in [5.74, 6) is 1.07. The lowest BCUT2D eigenvalue weighted by Crippen LogP contribution is -2.39. The monoisotopic (exact) mass is 253 g/mol. The molecule has 0 aromatic heterocycles. The molecule has 18 heavy (non-hydrogen) atoms. The molecule has 0 bridgehead atoms. The molecular formula is C16H31NO. The zero-order valence-corrected chi connectivity index (χ0v) is 12.8. The second-order valence-electron chi connectivity index (χ2n) is 6.69. The summed E-state index contributed by atoms with van der Waals surface area (Å²) >= 11 is 0. The molecule has 1 rings (SSSR count). The molecule has 1 heterocycles. The van der Waals surface area contributed by atoms with Gasteiger partial charge in [-0.2, -0.15) is 0 Å². The fourth-order valence-electron chi connectivity index (χ4n) is 2.82. The van der Waals surface area contributed by atoms with Crippen molar-refractivity contribution in [2.45, 2.75) is 72.6 Å². The largest absolute Gasteiger partial charge is 0.342 e. The fraction of sp³-hybridized carbons (Fsp3) is 0.938. The van der Waals surface area contributed by atoms with Gasteiger partial charge in [-0.3, -0.25) is 4.79 Å². The van der Waals surface area contributed by atoms with Gasteiger partial charge in [0, 0.05) is 18.5 Å². The van der Waals surface area contributed by atoms with E-state index >= 15 is 0 Å². The maximum Gasteiger partial charge on any atom is 0.228 e. The molecule has 2 nitrogen and oxygen atoms in total. The van der Waals surface area contributed by atoms with Crippen LogP contribution in [-0.4, -0.2) is 23.9 Å². The molecule has 106 valence electrons. The molecule has 1 atom stereocenters. The highest BCUT2D eigenvalue weighted by Gasteiger charge is 2.34. The third-order valence-electron chi connectivity index (χ3n) is 4.20. The van der Waals surface area contributed by atoms with Crippen LogP contribution in [0.1, 0.15) is 72.6 Å². The normalized spacial score (nSPS) is 20.4. The first kappa shape index (κ1) is 15.5. The molecule has 2 heteroatoms. The lowest BCUT2D eigenvalue weighted by atomic mass is 9.85. The van der Waals surface area contributed by atoms with E-state index in [2.05, 4.69) is 32.6 Å². The van der Waals surface area contributed by atoms with Crippen LogP contribution in [0, 0.1) is 11.3 Å². The van der Waals surface area contributed by atoms with Crippen LogP contribution < -0.4 is 0 Å². The third-order valence-corrected chi connectivity index (χ3v) is 4.20. The molecule has 0 aliphatic carbocycles. The molecular weight excluding hydrogens is 222 g/mol. The lowest BCUT2D eigenvalue weighted by Gasteiger charge is -2.29. The highest BCUT2D eigenvalue weighted by Crippen LogP contribution is 2.29. The van der Waals surface area contributed by atoms with E-state index in [1.807, 2.05) is 0 Å². The van der Waals surface area contributed by atoms with Gasteiger partial charge in [-0.25, -0.2) is 0 Å². The molecule has 1 amide bonds. The summed E-state index contributed by atoms with van der Waals surface area (Å²) in [6, 6.07) is 0. The Kier molecular flexibility index (Phi) is 6.17. The van der Waals surface area contributed by atoms with Gasteiger partial charge in [0.05, 0.1) is 0 Å². The number of carbonyl (C=O) groups is 1. The van der Waals surface area contributed by atoms with E-state index in [0.717, 1.165) is 19.5 Å². The molecule has 1 fully saturated rings.